The van der Waals surface area contributed by atoms with E-state index in [-0.39, 0.29) is 24.9 Å². The molecule has 0 aromatic rings. The van der Waals surface area contributed by atoms with E-state index in [2.05, 4.69) is 86.8 Å². The van der Waals surface area contributed by atoms with Gasteiger partial charge in [-0.25, -0.2) is 0 Å². The van der Waals surface area contributed by atoms with Crippen molar-refractivity contribution in [3.63, 3.8) is 0 Å². The van der Waals surface area contributed by atoms with Crippen molar-refractivity contribution in [2.45, 2.75) is 277 Å². The quantitative estimate of drug-likeness (QED) is 0.0322. The monoisotopic (exact) mass is 868 g/mol. The average Bonchev–Trinajstić information content (AvgIpc) is 3.26. The summed E-state index contributed by atoms with van der Waals surface area (Å²) >= 11 is 0. The minimum atomic E-state index is -0.798. The molecule has 6 heteroatoms. The van der Waals surface area contributed by atoms with Gasteiger partial charge in [0.1, 0.15) is 6.10 Å². The highest BCUT2D eigenvalue weighted by Gasteiger charge is 2.24. The second kappa shape index (κ2) is 49.6. The minimum absolute atomic E-state index is 0.0540. The zero-order valence-electron chi connectivity index (χ0n) is 41.0. The lowest BCUT2D eigenvalue weighted by molar-refractivity contribution is -0.151. The van der Waals surface area contributed by atoms with Gasteiger partial charge in [0.05, 0.1) is 25.2 Å². The molecule has 0 heterocycles. The summed E-state index contributed by atoms with van der Waals surface area (Å²) in [6.45, 7) is 6.34. The molecular weight excluding hydrogens is 767 g/mol. The van der Waals surface area contributed by atoms with Gasteiger partial charge in [0.2, 0.25) is 5.91 Å². The molecule has 0 aliphatic rings. The van der Waals surface area contributed by atoms with Crippen molar-refractivity contribution in [1.82, 2.24) is 5.32 Å². The summed E-state index contributed by atoms with van der Waals surface area (Å²) in [7, 11) is 0. The van der Waals surface area contributed by atoms with Crippen molar-refractivity contribution >= 4 is 11.9 Å². The van der Waals surface area contributed by atoms with Gasteiger partial charge in [0.25, 0.3) is 0 Å². The van der Waals surface area contributed by atoms with Crippen molar-refractivity contribution in [3.05, 3.63) is 60.8 Å². The summed E-state index contributed by atoms with van der Waals surface area (Å²) < 4.78 is 5.93. The van der Waals surface area contributed by atoms with Crippen LogP contribution in [-0.4, -0.2) is 46.9 Å². The molecule has 0 spiro atoms. The van der Waals surface area contributed by atoms with E-state index in [1.165, 1.54) is 128 Å². The van der Waals surface area contributed by atoms with Crippen LogP contribution in [0.25, 0.3) is 0 Å². The van der Waals surface area contributed by atoms with Crippen LogP contribution in [0, 0.1) is 0 Å². The Labute approximate surface area is 384 Å². The van der Waals surface area contributed by atoms with Crippen LogP contribution < -0.4 is 5.32 Å². The van der Waals surface area contributed by atoms with Crippen molar-refractivity contribution in [3.8, 4) is 0 Å². The normalized spacial score (nSPS) is 13.7. The van der Waals surface area contributed by atoms with Crippen LogP contribution >= 0.6 is 0 Å². The second-order valence-corrected chi connectivity index (χ2v) is 18.0. The van der Waals surface area contributed by atoms with Gasteiger partial charge in [0, 0.05) is 6.42 Å². The molecule has 0 aromatic heterocycles. The molecule has 3 unspecified atom stereocenters. The molecule has 3 N–H and O–H groups in total. The van der Waals surface area contributed by atoms with Crippen molar-refractivity contribution < 1.29 is 24.5 Å². The van der Waals surface area contributed by atoms with Crippen LogP contribution in [0.3, 0.4) is 0 Å². The highest BCUT2D eigenvalue weighted by atomic mass is 16.5. The molecule has 0 rings (SSSR count). The molecule has 0 saturated heterocycles. The Kier molecular flexibility index (Phi) is 47.6. The summed E-state index contributed by atoms with van der Waals surface area (Å²) in [6.07, 6.45) is 61.3. The van der Waals surface area contributed by atoms with E-state index < -0.39 is 18.2 Å². The Morgan fingerprint density at radius 2 is 0.871 bits per heavy atom. The first kappa shape index (κ1) is 59.6. The SMILES string of the molecule is CC/C=C/C=C/C=C/CCCCCCCCCC(=O)OC(CCCCC/C=C/C=C/CCCCCCCCC)CC(=O)NC(CO)C(O)CCCCCCCCCCCCCC. The van der Waals surface area contributed by atoms with E-state index in [4.69, 9.17) is 4.74 Å². The number of carbonyl (C=O) groups is 2. The van der Waals surface area contributed by atoms with Crippen LogP contribution in [0.5, 0.6) is 0 Å². The van der Waals surface area contributed by atoms with E-state index in [1.807, 2.05) is 0 Å². The zero-order chi connectivity index (χ0) is 45.2. The maximum atomic E-state index is 13.2. The number of aliphatic hydroxyl groups excluding tert-OH is 2. The third kappa shape index (κ3) is 44.2. The van der Waals surface area contributed by atoms with Gasteiger partial charge in [-0.05, 0) is 70.6 Å². The fraction of sp³-hybridized carbons (Fsp3) is 0.786. The van der Waals surface area contributed by atoms with Gasteiger partial charge < -0.3 is 20.3 Å². The summed E-state index contributed by atoms with van der Waals surface area (Å²) in [5.41, 5.74) is 0. The Morgan fingerprint density at radius 1 is 0.484 bits per heavy atom. The Hall–Kier alpha value is -2.44. The first-order chi connectivity index (χ1) is 30.5. The lowest BCUT2D eigenvalue weighted by Crippen LogP contribution is -2.46. The van der Waals surface area contributed by atoms with E-state index in [0.29, 0.717) is 19.3 Å². The van der Waals surface area contributed by atoms with Gasteiger partial charge in [-0.3, -0.25) is 9.59 Å². The zero-order valence-corrected chi connectivity index (χ0v) is 41.0. The fourth-order valence-electron chi connectivity index (χ4n) is 7.89. The van der Waals surface area contributed by atoms with Crippen LogP contribution in [0.4, 0.5) is 0 Å². The molecule has 0 aliphatic heterocycles. The predicted molar refractivity (Wildman–Crippen MR) is 268 cm³/mol. The Balaban J connectivity index is 4.65. The highest BCUT2D eigenvalue weighted by Crippen LogP contribution is 2.17. The second-order valence-electron chi connectivity index (χ2n) is 18.0. The number of unbranched alkanes of at least 4 members (excludes halogenated alkanes) is 28. The third-order valence-electron chi connectivity index (χ3n) is 11.9. The van der Waals surface area contributed by atoms with Gasteiger partial charge in [0.15, 0.2) is 0 Å². The smallest absolute Gasteiger partial charge is 0.306 e. The number of hydrogen-bond acceptors (Lipinski definition) is 5. The lowest BCUT2D eigenvalue weighted by atomic mass is 10.0. The number of allylic oxidation sites excluding steroid dienone is 10. The third-order valence-corrected chi connectivity index (χ3v) is 11.9. The molecule has 0 aliphatic carbocycles. The number of hydrogen-bond donors (Lipinski definition) is 3. The first-order valence-electron chi connectivity index (χ1n) is 26.6. The molecule has 3 atom stereocenters. The maximum Gasteiger partial charge on any atom is 0.306 e. The largest absolute Gasteiger partial charge is 0.462 e. The maximum absolute atomic E-state index is 13.2. The highest BCUT2D eigenvalue weighted by molar-refractivity contribution is 5.77. The first-order valence-corrected chi connectivity index (χ1v) is 26.6. The van der Waals surface area contributed by atoms with E-state index in [0.717, 1.165) is 83.5 Å². The van der Waals surface area contributed by atoms with E-state index >= 15 is 0 Å². The number of nitrogens with one attached hydrogen (secondary N) is 1. The van der Waals surface area contributed by atoms with Crippen LogP contribution in [0.15, 0.2) is 60.8 Å². The van der Waals surface area contributed by atoms with E-state index in [1.54, 1.807) is 0 Å². The number of aliphatic hydroxyl groups is 2. The Bertz CT molecular complexity index is 1110. The van der Waals surface area contributed by atoms with Crippen molar-refractivity contribution in [2.24, 2.45) is 0 Å². The minimum Gasteiger partial charge on any atom is -0.462 e. The summed E-state index contributed by atoms with van der Waals surface area (Å²) in [6, 6.07) is -0.713. The molecule has 1 amide bonds. The molecular formula is C56H101NO5. The van der Waals surface area contributed by atoms with Crippen LogP contribution in [0.1, 0.15) is 258 Å². The molecule has 0 fully saturated rings. The molecule has 360 valence electrons. The molecule has 0 bridgehead atoms. The molecule has 62 heavy (non-hydrogen) atoms. The van der Waals surface area contributed by atoms with Gasteiger partial charge >= 0.3 is 5.97 Å². The molecule has 0 radical (unpaired) electrons. The van der Waals surface area contributed by atoms with Crippen LogP contribution in [-0.2, 0) is 14.3 Å². The number of carbonyl (C=O) groups excluding carboxylic acids is 2. The van der Waals surface area contributed by atoms with Crippen molar-refractivity contribution in [1.29, 1.82) is 0 Å². The topological polar surface area (TPSA) is 95.9 Å². The predicted octanol–water partition coefficient (Wildman–Crippen LogP) is 16.0. The molecule has 6 nitrogen and oxygen atoms in total. The summed E-state index contributed by atoms with van der Waals surface area (Å²) in [5, 5.41) is 23.8. The molecule has 0 saturated carbocycles. The summed E-state index contributed by atoms with van der Waals surface area (Å²) in [4.78, 5) is 26.2. The van der Waals surface area contributed by atoms with Crippen molar-refractivity contribution in [2.75, 3.05) is 6.61 Å². The fourth-order valence-corrected chi connectivity index (χ4v) is 7.89. The van der Waals surface area contributed by atoms with Gasteiger partial charge in [-0.1, -0.05) is 236 Å². The number of ether oxygens (including phenoxy) is 1. The van der Waals surface area contributed by atoms with Crippen LogP contribution in [0.2, 0.25) is 0 Å². The number of esters is 1. The van der Waals surface area contributed by atoms with E-state index in [9.17, 15) is 19.8 Å². The summed E-state index contributed by atoms with van der Waals surface area (Å²) in [5.74, 6) is -0.511. The van der Waals surface area contributed by atoms with Gasteiger partial charge in [-0.2, -0.15) is 0 Å². The Morgan fingerprint density at radius 3 is 1.34 bits per heavy atom. The van der Waals surface area contributed by atoms with Gasteiger partial charge in [-0.15, -0.1) is 0 Å². The average molecular weight is 868 g/mol. The standard InChI is InChI=1S/C56H101NO5/c1-4-7-10-13-16-19-22-25-27-29-30-32-35-38-41-44-47-52(62-56(61)49-46-43-40-37-34-31-28-26-23-20-17-14-11-8-5-2)50-55(60)57-53(51-58)54(59)48-45-42-39-36-33-24-21-18-15-12-9-6-3/h8,11,14,17,20,23,27,29-30,32,52-54,58-59H,4-7,9-10,12-13,15-16,18-19,21-22,24-26,28,31,33-51H2,1-3H3,(H,57,60)/b11-8+,17-14+,23-20+,29-27+,32-30+. The molecule has 0 aromatic carbocycles. The lowest BCUT2D eigenvalue weighted by Gasteiger charge is -2.24. The number of amides is 1. The number of rotatable bonds is 47.